The Morgan fingerprint density at radius 1 is 1.25 bits per heavy atom. The first-order valence-electron chi connectivity index (χ1n) is 9.19. The Hall–Kier alpha value is -2.94. The van der Waals surface area contributed by atoms with Crippen LogP contribution >= 0.6 is 0 Å². The topological polar surface area (TPSA) is 142 Å². The quantitative estimate of drug-likeness (QED) is 0.460. The molecule has 0 radical (unpaired) electrons. The molecule has 0 aliphatic carbocycles. The lowest BCUT2D eigenvalue weighted by Gasteiger charge is -2.29. The van der Waals surface area contributed by atoms with Gasteiger partial charge in [0.25, 0.3) is 0 Å². The number of hydrogen-bond donors (Lipinski definition) is 4. The zero-order chi connectivity index (χ0) is 20.7. The van der Waals surface area contributed by atoms with Crippen molar-refractivity contribution >= 4 is 23.7 Å². The van der Waals surface area contributed by atoms with Crippen molar-refractivity contribution in [3.05, 3.63) is 35.9 Å². The monoisotopic (exact) mass is 390 g/mol. The van der Waals surface area contributed by atoms with Gasteiger partial charge in [-0.1, -0.05) is 30.3 Å². The molecule has 0 bridgehead atoms. The Labute approximate surface area is 163 Å². The number of nitrogens with two attached hydrogens (primary N) is 1. The van der Waals surface area contributed by atoms with E-state index in [0.717, 1.165) is 5.56 Å². The van der Waals surface area contributed by atoms with Crippen LogP contribution < -0.4 is 16.4 Å². The molecule has 1 saturated heterocycles. The summed E-state index contributed by atoms with van der Waals surface area (Å²) in [7, 11) is 0. The second-order valence-electron chi connectivity index (χ2n) is 6.84. The number of nitrogens with zero attached hydrogens (tertiary/aromatic N) is 1. The van der Waals surface area contributed by atoms with Crippen LogP contribution in [0.1, 0.15) is 25.3 Å². The maximum absolute atomic E-state index is 13.1. The molecule has 3 unspecified atom stereocenters. The van der Waals surface area contributed by atoms with Crippen molar-refractivity contribution in [2.24, 2.45) is 5.73 Å². The van der Waals surface area contributed by atoms with Crippen LogP contribution in [0.4, 0.5) is 0 Å². The molecule has 1 aromatic rings. The zero-order valence-electron chi connectivity index (χ0n) is 15.8. The fourth-order valence-electron chi connectivity index (χ4n) is 3.14. The molecule has 28 heavy (non-hydrogen) atoms. The lowest BCUT2D eigenvalue weighted by atomic mass is 10.0. The van der Waals surface area contributed by atoms with Crippen LogP contribution in [0.15, 0.2) is 30.3 Å². The Morgan fingerprint density at radius 3 is 2.54 bits per heavy atom. The Morgan fingerprint density at radius 2 is 1.93 bits per heavy atom. The Bertz CT molecular complexity index is 722. The summed E-state index contributed by atoms with van der Waals surface area (Å²) in [5, 5.41) is 13.7. The van der Waals surface area contributed by atoms with E-state index in [1.165, 1.54) is 11.8 Å². The van der Waals surface area contributed by atoms with Crippen molar-refractivity contribution in [3.63, 3.8) is 0 Å². The van der Waals surface area contributed by atoms with Gasteiger partial charge < -0.3 is 26.4 Å². The molecule has 1 aromatic carbocycles. The van der Waals surface area contributed by atoms with E-state index in [2.05, 4.69) is 10.6 Å². The average molecular weight is 390 g/mol. The third-order valence-electron chi connectivity index (χ3n) is 4.56. The minimum Gasteiger partial charge on any atom is -0.480 e. The Balaban J connectivity index is 2.15. The van der Waals surface area contributed by atoms with E-state index in [1.807, 2.05) is 30.3 Å². The lowest BCUT2D eigenvalue weighted by Crippen LogP contribution is -2.56. The zero-order valence-corrected chi connectivity index (χ0v) is 15.8. The van der Waals surface area contributed by atoms with Gasteiger partial charge in [-0.25, -0.2) is 0 Å². The molecular weight excluding hydrogens is 364 g/mol. The summed E-state index contributed by atoms with van der Waals surface area (Å²) in [6.45, 7) is 1.38. The maximum atomic E-state index is 13.1. The summed E-state index contributed by atoms with van der Waals surface area (Å²) >= 11 is 0. The molecule has 0 saturated carbocycles. The summed E-state index contributed by atoms with van der Waals surface area (Å²) in [5.74, 6) is -2.51. The van der Waals surface area contributed by atoms with Gasteiger partial charge in [0.05, 0.1) is 6.04 Å². The van der Waals surface area contributed by atoms with Crippen molar-refractivity contribution in [1.82, 2.24) is 15.5 Å². The highest BCUT2D eigenvalue weighted by molar-refractivity contribution is 5.94. The number of carbonyl (C=O) groups is 4. The SMILES string of the molecule is CC(N)C(=O)NC(Cc1ccccc1)C(=O)N1CCCC1C(=O)NCC(=O)O. The van der Waals surface area contributed by atoms with Gasteiger partial charge in [-0.05, 0) is 25.3 Å². The fraction of sp³-hybridized carbons (Fsp3) is 0.474. The van der Waals surface area contributed by atoms with Crippen molar-refractivity contribution in [2.75, 3.05) is 13.1 Å². The van der Waals surface area contributed by atoms with E-state index in [0.29, 0.717) is 19.4 Å². The summed E-state index contributed by atoms with van der Waals surface area (Å²) in [6, 6.07) is 6.82. The minimum absolute atomic E-state index is 0.262. The maximum Gasteiger partial charge on any atom is 0.322 e. The van der Waals surface area contributed by atoms with Gasteiger partial charge in [0.1, 0.15) is 18.6 Å². The molecule has 9 nitrogen and oxygen atoms in total. The van der Waals surface area contributed by atoms with E-state index in [4.69, 9.17) is 10.8 Å². The van der Waals surface area contributed by atoms with Gasteiger partial charge in [-0.3, -0.25) is 19.2 Å². The summed E-state index contributed by atoms with van der Waals surface area (Å²) in [5.41, 5.74) is 6.48. The third-order valence-corrected chi connectivity index (χ3v) is 4.56. The second kappa shape index (κ2) is 9.84. The van der Waals surface area contributed by atoms with Crippen LogP contribution in [0.25, 0.3) is 0 Å². The van der Waals surface area contributed by atoms with Crippen LogP contribution in [0, 0.1) is 0 Å². The highest BCUT2D eigenvalue weighted by atomic mass is 16.4. The van der Waals surface area contributed by atoms with E-state index in [1.54, 1.807) is 0 Å². The molecule has 152 valence electrons. The summed E-state index contributed by atoms with van der Waals surface area (Å²) in [4.78, 5) is 49.6. The predicted molar refractivity (Wildman–Crippen MR) is 101 cm³/mol. The van der Waals surface area contributed by atoms with E-state index in [9.17, 15) is 19.2 Å². The Kier molecular flexibility index (Phi) is 7.51. The standard InChI is InChI=1S/C19H26N4O5/c1-12(20)17(26)22-14(10-13-6-3-2-4-7-13)19(28)23-9-5-8-15(23)18(27)21-11-16(24)25/h2-4,6-7,12,14-15H,5,8-11,20H2,1H3,(H,21,27)(H,22,26)(H,24,25). The molecule has 1 aliphatic heterocycles. The minimum atomic E-state index is -1.16. The first-order chi connectivity index (χ1) is 13.3. The number of amides is 3. The molecule has 0 spiro atoms. The van der Waals surface area contributed by atoms with Gasteiger partial charge in [0.15, 0.2) is 0 Å². The van der Waals surface area contributed by atoms with E-state index in [-0.39, 0.29) is 12.3 Å². The smallest absolute Gasteiger partial charge is 0.322 e. The molecule has 5 N–H and O–H groups in total. The number of benzene rings is 1. The van der Waals surface area contributed by atoms with Crippen LogP contribution in [-0.4, -0.2) is 64.9 Å². The fourth-order valence-corrected chi connectivity index (χ4v) is 3.14. The van der Waals surface area contributed by atoms with Crippen molar-refractivity contribution in [2.45, 2.75) is 44.3 Å². The number of nitrogens with one attached hydrogen (secondary N) is 2. The highest BCUT2D eigenvalue weighted by Gasteiger charge is 2.37. The summed E-state index contributed by atoms with van der Waals surface area (Å²) < 4.78 is 0. The third kappa shape index (κ3) is 5.78. The first kappa shape index (κ1) is 21.4. The van der Waals surface area contributed by atoms with Gasteiger partial charge >= 0.3 is 5.97 Å². The highest BCUT2D eigenvalue weighted by Crippen LogP contribution is 2.19. The average Bonchev–Trinajstić information content (AvgIpc) is 3.15. The molecule has 3 amide bonds. The van der Waals surface area contributed by atoms with Gasteiger partial charge in [0.2, 0.25) is 17.7 Å². The number of carbonyl (C=O) groups excluding carboxylic acids is 3. The molecule has 1 fully saturated rings. The molecule has 3 atom stereocenters. The normalized spacial score (nSPS) is 18.2. The van der Waals surface area contributed by atoms with Crippen molar-refractivity contribution in [3.8, 4) is 0 Å². The first-order valence-corrected chi connectivity index (χ1v) is 9.19. The van der Waals surface area contributed by atoms with Crippen LogP contribution in [0.2, 0.25) is 0 Å². The van der Waals surface area contributed by atoms with Crippen molar-refractivity contribution in [1.29, 1.82) is 0 Å². The number of rotatable bonds is 8. The number of carboxylic acids is 1. The van der Waals surface area contributed by atoms with Gasteiger partial charge in [-0.2, -0.15) is 0 Å². The largest absolute Gasteiger partial charge is 0.480 e. The molecule has 2 rings (SSSR count). The number of aliphatic carboxylic acids is 1. The number of carboxylic acid groups (broad SMARTS) is 1. The lowest BCUT2D eigenvalue weighted by molar-refractivity contribution is -0.142. The second-order valence-corrected chi connectivity index (χ2v) is 6.84. The predicted octanol–water partition coefficient (Wildman–Crippen LogP) is -0.747. The van der Waals surface area contributed by atoms with Crippen molar-refractivity contribution < 1.29 is 24.3 Å². The summed E-state index contributed by atoms with van der Waals surface area (Å²) in [6.07, 6.45) is 1.32. The number of hydrogen-bond acceptors (Lipinski definition) is 5. The van der Waals surface area contributed by atoms with Crippen LogP contribution in [-0.2, 0) is 25.6 Å². The van der Waals surface area contributed by atoms with E-state index >= 15 is 0 Å². The molecule has 1 aliphatic rings. The molecular formula is C19H26N4O5. The molecule has 0 aromatic heterocycles. The number of likely N-dealkylation sites (tertiary alicyclic amines) is 1. The van der Waals surface area contributed by atoms with Crippen LogP contribution in [0.3, 0.4) is 0 Å². The molecule has 1 heterocycles. The van der Waals surface area contributed by atoms with Gasteiger partial charge in [0, 0.05) is 13.0 Å². The van der Waals surface area contributed by atoms with Gasteiger partial charge in [-0.15, -0.1) is 0 Å². The van der Waals surface area contributed by atoms with E-state index < -0.39 is 42.5 Å². The van der Waals surface area contributed by atoms with Crippen LogP contribution in [0.5, 0.6) is 0 Å². The molecule has 9 heteroatoms.